The van der Waals surface area contributed by atoms with E-state index < -0.39 is 40.5 Å². The molecule has 0 aromatic heterocycles. The summed E-state index contributed by atoms with van der Waals surface area (Å²) < 4.78 is 27.3. The van der Waals surface area contributed by atoms with Crippen LogP contribution in [0.25, 0.3) is 0 Å². The third-order valence-corrected chi connectivity index (χ3v) is 4.72. The van der Waals surface area contributed by atoms with Gasteiger partial charge in [-0.15, -0.1) is 0 Å². The molecule has 0 spiro atoms. The van der Waals surface area contributed by atoms with E-state index in [-0.39, 0.29) is 4.90 Å². The number of carbonyl (C=O) groups is 3. The number of anilines is 1. The molecule has 2 rings (SSSR count). The van der Waals surface area contributed by atoms with Crippen LogP contribution in [0.4, 0.5) is 5.69 Å². The lowest BCUT2D eigenvalue weighted by Crippen LogP contribution is -2.40. The van der Waals surface area contributed by atoms with E-state index in [9.17, 15) is 22.8 Å². The maximum Gasteiger partial charge on any atom is 0.328 e. The average molecular weight is 419 g/mol. The highest BCUT2D eigenvalue weighted by Crippen LogP contribution is 2.12. The van der Waals surface area contributed by atoms with E-state index in [0.29, 0.717) is 11.3 Å². The van der Waals surface area contributed by atoms with E-state index in [1.54, 1.807) is 18.2 Å². The summed E-state index contributed by atoms with van der Waals surface area (Å²) in [4.78, 5) is 35.9. The fourth-order valence-corrected chi connectivity index (χ4v) is 2.83. The van der Waals surface area contributed by atoms with Gasteiger partial charge in [-0.2, -0.15) is 0 Å². The maximum absolute atomic E-state index is 12.1. The van der Waals surface area contributed by atoms with Crippen molar-refractivity contribution in [3.63, 3.8) is 0 Å². The number of nitrogens with one attached hydrogen (secondary N) is 2. The number of primary sulfonamides is 1. The van der Waals surface area contributed by atoms with Crippen molar-refractivity contribution in [1.82, 2.24) is 5.32 Å². The molecule has 0 aliphatic carbocycles. The van der Waals surface area contributed by atoms with Crippen LogP contribution < -0.4 is 15.8 Å². The first-order valence-electron chi connectivity index (χ1n) is 8.53. The Morgan fingerprint density at radius 3 is 2.34 bits per heavy atom. The molecule has 0 aliphatic heterocycles. The zero-order valence-electron chi connectivity index (χ0n) is 15.8. The molecule has 2 aromatic rings. The zero-order valence-corrected chi connectivity index (χ0v) is 16.7. The number of amides is 2. The second kappa shape index (κ2) is 9.30. The topological polar surface area (TPSA) is 145 Å². The predicted octanol–water partition coefficient (Wildman–Crippen LogP) is 0.943. The Bertz CT molecular complexity index is 1020. The maximum atomic E-state index is 12.1. The molecule has 2 amide bonds. The second-order valence-electron chi connectivity index (χ2n) is 6.29. The van der Waals surface area contributed by atoms with Gasteiger partial charge in [-0.3, -0.25) is 9.59 Å². The summed E-state index contributed by atoms with van der Waals surface area (Å²) in [7, 11) is -3.83. The predicted molar refractivity (Wildman–Crippen MR) is 106 cm³/mol. The van der Waals surface area contributed by atoms with E-state index in [0.717, 1.165) is 5.56 Å². The minimum Gasteiger partial charge on any atom is -0.454 e. The highest BCUT2D eigenvalue weighted by atomic mass is 32.2. The van der Waals surface area contributed by atoms with Crippen molar-refractivity contribution in [1.29, 1.82) is 0 Å². The summed E-state index contributed by atoms with van der Waals surface area (Å²) >= 11 is 0. The third kappa shape index (κ3) is 6.70. The van der Waals surface area contributed by atoms with Crippen LogP contribution in [0.1, 0.15) is 22.8 Å². The van der Waals surface area contributed by atoms with E-state index in [1.807, 2.05) is 13.0 Å². The number of hydrogen-bond acceptors (Lipinski definition) is 6. The second-order valence-corrected chi connectivity index (χ2v) is 7.85. The number of hydrogen-bond donors (Lipinski definition) is 3. The van der Waals surface area contributed by atoms with Gasteiger partial charge in [-0.25, -0.2) is 18.4 Å². The molecule has 29 heavy (non-hydrogen) atoms. The van der Waals surface area contributed by atoms with Crippen molar-refractivity contribution >= 4 is 33.5 Å². The Kier molecular flexibility index (Phi) is 7.08. The van der Waals surface area contributed by atoms with Gasteiger partial charge in [0.2, 0.25) is 10.0 Å². The molecule has 0 fully saturated rings. The number of sulfonamides is 1. The summed E-state index contributed by atoms with van der Waals surface area (Å²) in [6, 6.07) is 11.1. The van der Waals surface area contributed by atoms with E-state index in [2.05, 4.69) is 10.6 Å². The van der Waals surface area contributed by atoms with Gasteiger partial charge in [0, 0.05) is 11.3 Å². The Morgan fingerprint density at radius 2 is 1.76 bits per heavy atom. The van der Waals surface area contributed by atoms with Gasteiger partial charge in [-0.1, -0.05) is 17.7 Å². The molecule has 10 heteroatoms. The monoisotopic (exact) mass is 419 g/mol. The first-order chi connectivity index (χ1) is 13.6. The standard InChI is InChI=1S/C19H21N3O6S/c1-12-4-3-5-14(10-12)18(24)21-13(2)19(25)28-11-17(23)22-15-6-8-16(9-7-15)29(20,26)27/h3-10,13H,11H2,1-2H3,(H,21,24)(H,22,23)(H2,20,26,27)/t13-/m0/s1. The minimum absolute atomic E-state index is 0.0971. The summed E-state index contributed by atoms with van der Waals surface area (Å²) in [5.41, 5.74) is 1.62. The molecule has 1 atom stereocenters. The summed E-state index contributed by atoms with van der Waals surface area (Å²) in [5, 5.41) is 9.95. The largest absolute Gasteiger partial charge is 0.454 e. The highest BCUT2D eigenvalue weighted by Gasteiger charge is 2.19. The number of rotatable bonds is 7. The lowest BCUT2D eigenvalue weighted by atomic mass is 10.1. The van der Waals surface area contributed by atoms with Crippen molar-refractivity contribution < 1.29 is 27.5 Å². The summed E-state index contributed by atoms with van der Waals surface area (Å²) in [5.74, 6) is -1.83. The number of ether oxygens (including phenoxy) is 1. The molecule has 9 nitrogen and oxygen atoms in total. The van der Waals surface area contributed by atoms with Gasteiger partial charge in [0.25, 0.3) is 11.8 Å². The van der Waals surface area contributed by atoms with Crippen molar-refractivity contribution in [3.8, 4) is 0 Å². The molecular formula is C19H21N3O6S. The van der Waals surface area contributed by atoms with Crippen molar-refractivity contribution in [2.45, 2.75) is 24.8 Å². The van der Waals surface area contributed by atoms with Crippen LogP contribution in [0.3, 0.4) is 0 Å². The van der Waals surface area contributed by atoms with Gasteiger partial charge < -0.3 is 15.4 Å². The molecule has 154 valence electrons. The molecule has 0 saturated carbocycles. The number of esters is 1. The lowest BCUT2D eigenvalue weighted by molar-refractivity contribution is -0.148. The van der Waals surface area contributed by atoms with E-state index in [4.69, 9.17) is 9.88 Å². The summed E-state index contributed by atoms with van der Waals surface area (Å²) in [6.45, 7) is 2.72. The van der Waals surface area contributed by atoms with Gasteiger partial charge in [0.1, 0.15) is 6.04 Å². The number of nitrogens with two attached hydrogens (primary N) is 1. The molecule has 0 saturated heterocycles. The minimum atomic E-state index is -3.83. The third-order valence-electron chi connectivity index (χ3n) is 3.79. The smallest absolute Gasteiger partial charge is 0.328 e. The van der Waals surface area contributed by atoms with Crippen LogP contribution in [-0.4, -0.2) is 38.9 Å². The Balaban J connectivity index is 1.83. The Labute approximate surface area is 168 Å². The zero-order chi connectivity index (χ0) is 21.6. The first-order valence-corrected chi connectivity index (χ1v) is 10.1. The molecular weight excluding hydrogens is 398 g/mol. The molecule has 0 radical (unpaired) electrons. The van der Waals surface area contributed by atoms with Crippen LogP contribution in [0, 0.1) is 6.92 Å². The van der Waals surface area contributed by atoms with Crippen LogP contribution >= 0.6 is 0 Å². The lowest BCUT2D eigenvalue weighted by Gasteiger charge is -2.13. The van der Waals surface area contributed by atoms with Crippen molar-refractivity contribution in [2.75, 3.05) is 11.9 Å². The first kappa shape index (κ1) is 22.1. The quantitative estimate of drug-likeness (QED) is 0.570. The number of carbonyl (C=O) groups excluding carboxylic acids is 3. The normalized spacial score (nSPS) is 12.0. The van der Waals surface area contributed by atoms with E-state index in [1.165, 1.54) is 31.2 Å². The molecule has 0 heterocycles. The van der Waals surface area contributed by atoms with Gasteiger partial charge >= 0.3 is 5.97 Å². The van der Waals surface area contributed by atoms with Crippen molar-refractivity contribution in [3.05, 3.63) is 59.7 Å². The highest BCUT2D eigenvalue weighted by molar-refractivity contribution is 7.89. The Morgan fingerprint density at radius 1 is 1.10 bits per heavy atom. The molecule has 2 aromatic carbocycles. The number of benzene rings is 2. The summed E-state index contributed by atoms with van der Waals surface area (Å²) in [6.07, 6.45) is 0. The van der Waals surface area contributed by atoms with Gasteiger partial charge in [0.15, 0.2) is 6.61 Å². The molecule has 0 bridgehead atoms. The number of aryl methyl sites for hydroxylation is 1. The van der Waals surface area contributed by atoms with Crippen LogP contribution in [0.2, 0.25) is 0 Å². The van der Waals surface area contributed by atoms with Crippen LogP contribution in [-0.2, 0) is 24.3 Å². The SMILES string of the molecule is Cc1cccc(C(=O)N[C@@H](C)C(=O)OCC(=O)Nc2ccc(S(N)(=O)=O)cc2)c1. The molecule has 0 aliphatic rings. The molecule has 4 N–H and O–H groups in total. The van der Waals surface area contributed by atoms with Gasteiger partial charge in [0.05, 0.1) is 4.90 Å². The molecule has 0 unspecified atom stereocenters. The fraction of sp³-hybridized carbons (Fsp3) is 0.211. The fourth-order valence-electron chi connectivity index (χ4n) is 2.31. The van der Waals surface area contributed by atoms with Crippen molar-refractivity contribution in [2.24, 2.45) is 5.14 Å². The average Bonchev–Trinajstić information content (AvgIpc) is 2.65. The van der Waals surface area contributed by atoms with Gasteiger partial charge in [-0.05, 0) is 50.2 Å². The van der Waals surface area contributed by atoms with Crippen LogP contribution in [0.5, 0.6) is 0 Å². The Hall–Kier alpha value is -3.24. The van der Waals surface area contributed by atoms with E-state index >= 15 is 0 Å². The van der Waals surface area contributed by atoms with Crippen LogP contribution in [0.15, 0.2) is 53.4 Å².